The predicted molar refractivity (Wildman–Crippen MR) is 57.1 cm³/mol. The molecule has 0 aliphatic heterocycles. The van der Waals surface area contributed by atoms with Crippen LogP contribution in [0.2, 0.25) is 0 Å². The topological polar surface area (TPSA) is 37.3 Å². The molecule has 0 amide bonds. The minimum absolute atomic E-state index is 0.233. The lowest BCUT2D eigenvalue weighted by molar-refractivity contribution is -0.162. The fourth-order valence-corrected chi connectivity index (χ4v) is 1.54. The number of carboxylic acids is 1. The molecule has 1 rings (SSSR count). The van der Waals surface area contributed by atoms with Gasteiger partial charge in [-0.25, -0.2) is 0 Å². The van der Waals surface area contributed by atoms with Crippen molar-refractivity contribution in [3.63, 3.8) is 0 Å². The number of hydrogen-bond donors (Lipinski definition) is 1. The van der Waals surface area contributed by atoms with E-state index in [9.17, 15) is 31.1 Å². The number of aliphatic carboxylic acids is 1. The fourth-order valence-electron chi connectivity index (χ4n) is 1.54. The third-order valence-corrected chi connectivity index (χ3v) is 2.89. The molecular weight excluding hydrogens is 290 g/mol. The standard InChI is InChI=1S/C12H10F6O2/c1-10(2,9(19)20)6-3-4-7(11(13,14)15)8(5-6)12(16,17)18/h3-5H,1-2H3,(H,19,20). The predicted octanol–water partition coefficient (Wildman–Crippen LogP) is 4.09. The molecule has 0 saturated heterocycles. The van der Waals surface area contributed by atoms with E-state index in [4.69, 9.17) is 5.11 Å². The van der Waals surface area contributed by atoms with Crippen molar-refractivity contribution in [1.82, 2.24) is 0 Å². The minimum atomic E-state index is -5.23. The Morgan fingerprint density at radius 1 is 0.950 bits per heavy atom. The Kier molecular flexibility index (Phi) is 3.82. The van der Waals surface area contributed by atoms with Crippen LogP contribution in [0.5, 0.6) is 0 Å². The third-order valence-electron chi connectivity index (χ3n) is 2.89. The molecule has 0 unspecified atom stereocenters. The zero-order valence-corrected chi connectivity index (χ0v) is 10.4. The largest absolute Gasteiger partial charge is 0.481 e. The van der Waals surface area contributed by atoms with Gasteiger partial charge in [-0.3, -0.25) is 4.79 Å². The number of halogens is 6. The van der Waals surface area contributed by atoms with Crippen LogP contribution in [0.25, 0.3) is 0 Å². The van der Waals surface area contributed by atoms with Crippen molar-refractivity contribution in [3.05, 3.63) is 34.9 Å². The maximum absolute atomic E-state index is 12.7. The van der Waals surface area contributed by atoms with Gasteiger partial charge in [-0.1, -0.05) is 6.07 Å². The van der Waals surface area contributed by atoms with E-state index in [1.165, 1.54) is 0 Å². The van der Waals surface area contributed by atoms with E-state index in [2.05, 4.69) is 0 Å². The van der Waals surface area contributed by atoms with Crippen molar-refractivity contribution in [2.24, 2.45) is 0 Å². The third kappa shape index (κ3) is 3.05. The van der Waals surface area contributed by atoms with E-state index < -0.39 is 34.9 Å². The molecule has 0 saturated carbocycles. The lowest BCUT2D eigenvalue weighted by Crippen LogP contribution is -2.29. The van der Waals surface area contributed by atoms with Crippen LogP contribution in [0, 0.1) is 0 Å². The van der Waals surface area contributed by atoms with Gasteiger partial charge in [0, 0.05) is 0 Å². The number of rotatable bonds is 2. The van der Waals surface area contributed by atoms with Gasteiger partial charge < -0.3 is 5.11 Å². The Labute approximate surface area is 110 Å². The van der Waals surface area contributed by atoms with E-state index >= 15 is 0 Å². The van der Waals surface area contributed by atoms with Crippen LogP contribution < -0.4 is 0 Å². The van der Waals surface area contributed by atoms with Gasteiger partial charge in [-0.05, 0) is 31.5 Å². The van der Waals surface area contributed by atoms with Gasteiger partial charge in [0.1, 0.15) is 0 Å². The molecule has 0 atom stereocenters. The van der Waals surface area contributed by atoms with Crippen LogP contribution in [-0.4, -0.2) is 11.1 Å². The van der Waals surface area contributed by atoms with Crippen LogP contribution in [0.1, 0.15) is 30.5 Å². The molecule has 8 heteroatoms. The van der Waals surface area contributed by atoms with Gasteiger partial charge >= 0.3 is 18.3 Å². The Bertz CT molecular complexity index is 528. The summed E-state index contributed by atoms with van der Waals surface area (Å²) in [6.45, 7) is 2.22. The molecule has 0 spiro atoms. The van der Waals surface area contributed by atoms with Gasteiger partial charge in [0.15, 0.2) is 0 Å². The molecular formula is C12H10F6O2. The summed E-state index contributed by atoms with van der Waals surface area (Å²) in [6, 6.07) is 1.23. The molecule has 112 valence electrons. The molecule has 0 bridgehead atoms. The molecule has 0 radical (unpaired) electrons. The summed E-state index contributed by atoms with van der Waals surface area (Å²) in [6.07, 6.45) is -10.4. The molecule has 1 N–H and O–H groups in total. The highest BCUT2D eigenvalue weighted by atomic mass is 19.4. The normalized spacial score (nSPS) is 13.4. The summed E-state index contributed by atoms with van der Waals surface area (Å²) in [5, 5.41) is 8.91. The monoisotopic (exact) mass is 300 g/mol. The van der Waals surface area contributed by atoms with Crippen molar-refractivity contribution in [1.29, 1.82) is 0 Å². The lowest BCUT2D eigenvalue weighted by Gasteiger charge is -2.23. The van der Waals surface area contributed by atoms with Gasteiger partial charge in [-0.15, -0.1) is 0 Å². The van der Waals surface area contributed by atoms with E-state index in [0.29, 0.717) is 0 Å². The van der Waals surface area contributed by atoms with Crippen LogP contribution in [0.3, 0.4) is 0 Å². The Morgan fingerprint density at radius 3 is 1.75 bits per heavy atom. The van der Waals surface area contributed by atoms with Crippen LogP contribution in [0.4, 0.5) is 26.3 Å². The summed E-state index contributed by atoms with van der Waals surface area (Å²) >= 11 is 0. The molecule has 0 heterocycles. The minimum Gasteiger partial charge on any atom is -0.481 e. The first-order valence-electron chi connectivity index (χ1n) is 5.30. The number of carboxylic acid groups (broad SMARTS) is 1. The highest BCUT2D eigenvalue weighted by Gasteiger charge is 2.44. The molecule has 2 nitrogen and oxygen atoms in total. The second-order valence-corrected chi connectivity index (χ2v) is 4.69. The summed E-state index contributed by atoms with van der Waals surface area (Å²) in [4.78, 5) is 11.0. The maximum atomic E-state index is 12.7. The first-order valence-corrected chi connectivity index (χ1v) is 5.30. The quantitative estimate of drug-likeness (QED) is 0.835. The summed E-state index contributed by atoms with van der Waals surface area (Å²) in [7, 11) is 0. The SMILES string of the molecule is CC(C)(C(=O)O)c1ccc(C(F)(F)F)c(C(F)(F)F)c1. The second-order valence-electron chi connectivity index (χ2n) is 4.69. The van der Waals surface area contributed by atoms with Crippen LogP contribution >= 0.6 is 0 Å². The fraction of sp³-hybridized carbons (Fsp3) is 0.417. The van der Waals surface area contributed by atoms with Gasteiger partial charge in [0.2, 0.25) is 0 Å². The lowest BCUT2D eigenvalue weighted by atomic mass is 9.83. The number of hydrogen-bond acceptors (Lipinski definition) is 1. The van der Waals surface area contributed by atoms with E-state index in [0.717, 1.165) is 19.9 Å². The zero-order valence-electron chi connectivity index (χ0n) is 10.4. The maximum Gasteiger partial charge on any atom is 0.417 e. The Hall–Kier alpha value is -1.73. The molecule has 0 aliphatic carbocycles. The van der Waals surface area contributed by atoms with Gasteiger partial charge in [-0.2, -0.15) is 26.3 Å². The molecule has 0 fully saturated rings. The summed E-state index contributed by atoms with van der Waals surface area (Å²) < 4.78 is 75.7. The van der Waals surface area contributed by atoms with E-state index in [-0.39, 0.29) is 17.7 Å². The number of alkyl halides is 6. The van der Waals surface area contributed by atoms with Gasteiger partial charge in [0.05, 0.1) is 16.5 Å². The molecule has 1 aromatic carbocycles. The molecule has 20 heavy (non-hydrogen) atoms. The number of benzene rings is 1. The van der Waals surface area contributed by atoms with Crippen molar-refractivity contribution in [2.45, 2.75) is 31.6 Å². The molecule has 0 aromatic heterocycles. The van der Waals surface area contributed by atoms with Gasteiger partial charge in [0.25, 0.3) is 0 Å². The summed E-state index contributed by atoms with van der Waals surface area (Å²) in [5.41, 5.74) is -5.82. The van der Waals surface area contributed by atoms with Crippen molar-refractivity contribution >= 4 is 5.97 Å². The summed E-state index contributed by atoms with van der Waals surface area (Å²) in [5.74, 6) is -1.44. The Balaban J connectivity index is 3.56. The average molecular weight is 300 g/mol. The van der Waals surface area contributed by atoms with Crippen molar-refractivity contribution in [3.8, 4) is 0 Å². The Morgan fingerprint density at radius 2 is 1.40 bits per heavy atom. The highest BCUT2D eigenvalue weighted by Crippen LogP contribution is 2.42. The van der Waals surface area contributed by atoms with E-state index in [1.54, 1.807) is 0 Å². The van der Waals surface area contributed by atoms with Crippen molar-refractivity contribution < 1.29 is 36.2 Å². The average Bonchev–Trinajstić information content (AvgIpc) is 2.25. The zero-order chi connectivity index (χ0) is 15.9. The first kappa shape index (κ1) is 16.3. The van der Waals surface area contributed by atoms with Crippen LogP contribution in [-0.2, 0) is 22.6 Å². The molecule has 1 aromatic rings. The second kappa shape index (κ2) is 4.68. The first-order chi connectivity index (χ1) is 8.78. The van der Waals surface area contributed by atoms with Crippen LogP contribution in [0.15, 0.2) is 18.2 Å². The van der Waals surface area contributed by atoms with Crippen molar-refractivity contribution in [2.75, 3.05) is 0 Å². The molecule has 0 aliphatic rings. The van der Waals surface area contributed by atoms with E-state index in [1.807, 2.05) is 0 Å². The smallest absolute Gasteiger partial charge is 0.417 e. The number of carbonyl (C=O) groups is 1. The highest BCUT2D eigenvalue weighted by molar-refractivity contribution is 5.80.